The van der Waals surface area contributed by atoms with Gasteiger partial charge in [-0.25, -0.2) is 0 Å². The lowest BCUT2D eigenvalue weighted by molar-refractivity contribution is 0.556. The van der Waals surface area contributed by atoms with E-state index >= 15 is 0 Å². The van der Waals surface area contributed by atoms with Gasteiger partial charge >= 0.3 is 0 Å². The van der Waals surface area contributed by atoms with Crippen LogP contribution in [0.2, 0.25) is 0 Å². The lowest BCUT2D eigenvalue weighted by Crippen LogP contribution is -2.42. The Morgan fingerprint density at radius 3 is 2.87 bits per heavy atom. The van der Waals surface area contributed by atoms with Crippen LogP contribution in [-0.2, 0) is 12.8 Å². The van der Waals surface area contributed by atoms with Crippen molar-refractivity contribution in [2.24, 2.45) is 5.73 Å². The first-order valence-electron chi connectivity index (χ1n) is 5.73. The molecular formula is C13H20N2. The van der Waals surface area contributed by atoms with E-state index in [4.69, 9.17) is 5.73 Å². The third kappa shape index (κ3) is 1.74. The molecule has 0 saturated carbocycles. The standard InChI is InChI=1S/C13H20N2/c1-4-10-5-6-12-11(7-10)8-13(9(2)14)15(12)3/h5-7,9,13H,4,8,14H2,1-3H3. The van der Waals surface area contributed by atoms with Gasteiger partial charge in [-0.15, -0.1) is 0 Å². The summed E-state index contributed by atoms with van der Waals surface area (Å²) in [5, 5.41) is 0. The lowest BCUT2D eigenvalue weighted by Gasteiger charge is -2.25. The van der Waals surface area contributed by atoms with Crippen LogP contribution in [0.4, 0.5) is 5.69 Å². The number of anilines is 1. The van der Waals surface area contributed by atoms with E-state index in [2.05, 4.69) is 44.0 Å². The number of rotatable bonds is 2. The minimum absolute atomic E-state index is 0.229. The summed E-state index contributed by atoms with van der Waals surface area (Å²) in [6, 6.07) is 7.48. The zero-order valence-electron chi connectivity index (χ0n) is 9.83. The molecule has 1 aliphatic heterocycles. The molecule has 0 bridgehead atoms. The van der Waals surface area contributed by atoms with E-state index in [1.54, 1.807) is 0 Å². The number of nitrogens with zero attached hydrogens (tertiary/aromatic N) is 1. The van der Waals surface area contributed by atoms with E-state index in [0.29, 0.717) is 6.04 Å². The smallest absolute Gasteiger partial charge is 0.0476 e. The third-order valence-electron chi connectivity index (χ3n) is 3.47. The zero-order chi connectivity index (χ0) is 11.0. The summed E-state index contributed by atoms with van der Waals surface area (Å²) in [6.07, 6.45) is 2.21. The molecule has 15 heavy (non-hydrogen) atoms. The molecule has 1 heterocycles. The molecular weight excluding hydrogens is 184 g/mol. The highest BCUT2D eigenvalue weighted by Crippen LogP contribution is 2.32. The van der Waals surface area contributed by atoms with E-state index in [1.807, 2.05) is 0 Å². The van der Waals surface area contributed by atoms with E-state index in [1.165, 1.54) is 16.8 Å². The quantitative estimate of drug-likeness (QED) is 0.798. The normalized spacial score (nSPS) is 21.6. The van der Waals surface area contributed by atoms with E-state index in [9.17, 15) is 0 Å². The molecule has 82 valence electrons. The van der Waals surface area contributed by atoms with Gasteiger partial charge < -0.3 is 10.6 Å². The largest absolute Gasteiger partial charge is 0.370 e. The van der Waals surface area contributed by atoms with Crippen molar-refractivity contribution in [3.05, 3.63) is 29.3 Å². The van der Waals surface area contributed by atoms with Crippen LogP contribution >= 0.6 is 0 Å². The van der Waals surface area contributed by atoms with Crippen molar-refractivity contribution in [1.82, 2.24) is 0 Å². The molecule has 0 fully saturated rings. The van der Waals surface area contributed by atoms with Crippen LogP contribution in [0.25, 0.3) is 0 Å². The van der Waals surface area contributed by atoms with Crippen LogP contribution < -0.4 is 10.6 Å². The Hall–Kier alpha value is -1.02. The molecule has 2 heteroatoms. The summed E-state index contributed by atoms with van der Waals surface area (Å²) in [6.45, 7) is 4.29. The van der Waals surface area contributed by atoms with Gasteiger partial charge in [0.05, 0.1) is 0 Å². The Morgan fingerprint density at radius 1 is 1.53 bits per heavy atom. The van der Waals surface area contributed by atoms with Crippen LogP contribution in [0.5, 0.6) is 0 Å². The molecule has 1 aliphatic rings. The van der Waals surface area contributed by atoms with Gasteiger partial charge in [-0.05, 0) is 37.0 Å². The molecule has 0 aromatic heterocycles. The first kappa shape index (κ1) is 10.5. The number of likely N-dealkylation sites (N-methyl/N-ethyl adjacent to an activating group) is 1. The fraction of sp³-hybridized carbons (Fsp3) is 0.538. The molecule has 2 unspecified atom stereocenters. The first-order valence-corrected chi connectivity index (χ1v) is 5.73. The Balaban J connectivity index is 2.32. The summed E-state index contributed by atoms with van der Waals surface area (Å²) >= 11 is 0. The van der Waals surface area contributed by atoms with Gasteiger partial charge in [0.2, 0.25) is 0 Å². The molecule has 0 aliphatic carbocycles. The summed E-state index contributed by atoms with van der Waals surface area (Å²) in [5.74, 6) is 0. The van der Waals surface area contributed by atoms with Crippen molar-refractivity contribution in [3.63, 3.8) is 0 Å². The minimum atomic E-state index is 0.229. The number of fused-ring (bicyclic) bond motifs is 1. The van der Waals surface area contributed by atoms with E-state index in [0.717, 1.165) is 12.8 Å². The molecule has 2 N–H and O–H groups in total. The second kappa shape index (κ2) is 3.86. The maximum Gasteiger partial charge on any atom is 0.0476 e. The van der Waals surface area contributed by atoms with Crippen LogP contribution in [0, 0.1) is 0 Å². The zero-order valence-corrected chi connectivity index (χ0v) is 9.83. The van der Waals surface area contributed by atoms with Gasteiger partial charge in [0.25, 0.3) is 0 Å². The van der Waals surface area contributed by atoms with Gasteiger partial charge in [0.1, 0.15) is 0 Å². The lowest BCUT2D eigenvalue weighted by atomic mass is 10.0. The van der Waals surface area contributed by atoms with Crippen molar-refractivity contribution >= 4 is 5.69 Å². The fourth-order valence-corrected chi connectivity index (χ4v) is 2.45. The minimum Gasteiger partial charge on any atom is -0.370 e. The van der Waals surface area contributed by atoms with Gasteiger partial charge in [0.15, 0.2) is 0 Å². The van der Waals surface area contributed by atoms with Crippen LogP contribution in [0.3, 0.4) is 0 Å². The van der Waals surface area contributed by atoms with Gasteiger partial charge in [-0.2, -0.15) is 0 Å². The van der Waals surface area contributed by atoms with Crippen LogP contribution in [0.15, 0.2) is 18.2 Å². The molecule has 0 radical (unpaired) electrons. The van der Waals surface area contributed by atoms with Crippen molar-refractivity contribution in [1.29, 1.82) is 0 Å². The van der Waals surface area contributed by atoms with Gasteiger partial charge in [-0.1, -0.05) is 19.1 Å². The van der Waals surface area contributed by atoms with Crippen LogP contribution in [0.1, 0.15) is 25.0 Å². The number of hydrogen-bond donors (Lipinski definition) is 1. The first-order chi connectivity index (χ1) is 7.13. The monoisotopic (exact) mass is 204 g/mol. The Morgan fingerprint density at radius 2 is 2.27 bits per heavy atom. The Bertz CT molecular complexity index is 358. The van der Waals surface area contributed by atoms with Gasteiger partial charge in [-0.3, -0.25) is 0 Å². The molecule has 2 nitrogen and oxygen atoms in total. The van der Waals surface area contributed by atoms with Crippen LogP contribution in [-0.4, -0.2) is 19.1 Å². The third-order valence-corrected chi connectivity index (χ3v) is 3.47. The number of benzene rings is 1. The number of nitrogens with two attached hydrogens (primary N) is 1. The summed E-state index contributed by atoms with van der Waals surface area (Å²) in [5.41, 5.74) is 10.2. The molecule has 1 aromatic carbocycles. The van der Waals surface area contributed by atoms with Crippen molar-refractivity contribution in [3.8, 4) is 0 Å². The Labute approximate surface area is 92.1 Å². The highest BCUT2D eigenvalue weighted by atomic mass is 15.2. The number of aryl methyl sites for hydroxylation is 1. The van der Waals surface area contributed by atoms with E-state index in [-0.39, 0.29) is 6.04 Å². The average molecular weight is 204 g/mol. The molecule has 2 rings (SSSR count). The highest BCUT2D eigenvalue weighted by Gasteiger charge is 2.28. The average Bonchev–Trinajstić information content (AvgIpc) is 2.55. The molecule has 2 atom stereocenters. The topological polar surface area (TPSA) is 29.3 Å². The predicted octanol–water partition coefficient (Wildman–Crippen LogP) is 1.96. The van der Waals surface area contributed by atoms with Crippen molar-refractivity contribution in [2.75, 3.05) is 11.9 Å². The highest BCUT2D eigenvalue weighted by molar-refractivity contribution is 5.60. The Kier molecular flexibility index (Phi) is 2.70. The van der Waals surface area contributed by atoms with Crippen molar-refractivity contribution in [2.45, 2.75) is 38.8 Å². The summed E-state index contributed by atoms with van der Waals surface area (Å²) < 4.78 is 0. The molecule has 1 aromatic rings. The fourth-order valence-electron chi connectivity index (χ4n) is 2.45. The maximum atomic E-state index is 6.00. The maximum absolute atomic E-state index is 6.00. The predicted molar refractivity (Wildman–Crippen MR) is 65.4 cm³/mol. The molecule has 0 saturated heterocycles. The van der Waals surface area contributed by atoms with Gasteiger partial charge in [0, 0.05) is 24.8 Å². The second-order valence-corrected chi connectivity index (χ2v) is 4.56. The second-order valence-electron chi connectivity index (χ2n) is 4.56. The SMILES string of the molecule is CCc1ccc2c(c1)CC(C(C)N)N2C. The molecule has 0 amide bonds. The molecule has 0 spiro atoms. The summed E-state index contributed by atoms with van der Waals surface area (Å²) in [7, 11) is 2.14. The van der Waals surface area contributed by atoms with Crippen molar-refractivity contribution < 1.29 is 0 Å². The number of hydrogen-bond acceptors (Lipinski definition) is 2. The summed E-state index contributed by atoms with van der Waals surface area (Å²) in [4.78, 5) is 2.32. The van der Waals surface area contributed by atoms with E-state index < -0.39 is 0 Å².